The van der Waals surface area contributed by atoms with Crippen LogP contribution in [0.5, 0.6) is 0 Å². The molecular formula is C25H32ClNO2. The van der Waals surface area contributed by atoms with Crippen LogP contribution in [-0.2, 0) is 4.79 Å². The zero-order valence-electron chi connectivity index (χ0n) is 18.0. The van der Waals surface area contributed by atoms with Crippen molar-refractivity contribution in [3.63, 3.8) is 0 Å². The molecule has 2 aliphatic carbocycles. The van der Waals surface area contributed by atoms with Gasteiger partial charge in [0.05, 0.1) is 5.57 Å². The van der Waals surface area contributed by atoms with Gasteiger partial charge in [-0.15, -0.1) is 0 Å². The Morgan fingerprint density at radius 3 is 2.55 bits per heavy atom. The van der Waals surface area contributed by atoms with Gasteiger partial charge in [-0.1, -0.05) is 63.6 Å². The maximum atomic E-state index is 12.9. The summed E-state index contributed by atoms with van der Waals surface area (Å²) in [5.74, 6) is 0.564. The third-order valence-corrected chi connectivity index (χ3v) is 5.62. The second-order valence-corrected chi connectivity index (χ2v) is 8.13. The Morgan fingerprint density at radius 1 is 1.31 bits per heavy atom. The molecule has 1 fully saturated rings. The molecule has 2 bridgehead atoms. The molecule has 0 aliphatic heterocycles. The van der Waals surface area contributed by atoms with Gasteiger partial charge in [0.15, 0.2) is 5.78 Å². The molecule has 0 saturated heterocycles. The molecule has 3 rings (SSSR count). The SMILES string of the molecule is C=C/C=C(\C=C(/CC)C1=C(O)C2CCC(C2)C1=O)c1cnc(Cl)cc1C.CCC. The lowest BCUT2D eigenvalue weighted by Gasteiger charge is -2.23. The summed E-state index contributed by atoms with van der Waals surface area (Å²) in [6, 6.07) is 1.82. The molecule has 1 saturated carbocycles. The second-order valence-electron chi connectivity index (χ2n) is 7.74. The van der Waals surface area contributed by atoms with E-state index in [0.717, 1.165) is 41.5 Å². The second kappa shape index (κ2) is 10.6. The van der Waals surface area contributed by atoms with Crippen molar-refractivity contribution in [2.75, 3.05) is 0 Å². The van der Waals surface area contributed by atoms with Gasteiger partial charge >= 0.3 is 0 Å². The predicted molar refractivity (Wildman–Crippen MR) is 122 cm³/mol. The minimum absolute atomic E-state index is 0.0617. The highest BCUT2D eigenvalue weighted by molar-refractivity contribution is 6.29. The highest BCUT2D eigenvalue weighted by Crippen LogP contribution is 2.45. The fourth-order valence-corrected chi connectivity index (χ4v) is 4.24. The summed E-state index contributed by atoms with van der Waals surface area (Å²) in [6.45, 7) is 12.0. The highest BCUT2D eigenvalue weighted by Gasteiger charge is 2.41. The van der Waals surface area contributed by atoms with E-state index in [2.05, 4.69) is 25.4 Å². The molecule has 0 amide bonds. The normalized spacial score (nSPS) is 21.8. The van der Waals surface area contributed by atoms with Crippen molar-refractivity contribution in [2.45, 2.75) is 59.8 Å². The minimum Gasteiger partial charge on any atom is -0.511 e. The third-order valence-electron chi connectivity index (χ3n) is 5.41. The molecule has 1 aromatic heterocycles. The number of Topliss-reactive ketones (excluding diaryl/α,β-unsaturated/α-hetero) is 1. The van der Waals surface area contributed by atoms with Crippen LogP contribution < -0.4 is 0 Å². The lowest BCUT2D eigenvalue weighted by atomic mass is 9.81. The van der Waals surface area contributed by atoms with Crippen LogP contribution in [-0.4, -0.2) is 15.9 Å². The number of aromatic nitrogens is 1. The number of fused-ring (bicyclic) bond motifs is 2. The zero-order chi connectivity index (χ0) is 21.6. The van der Waals surface area contributed by atoms with Crippen LogP contribution in [0.1, 0.15) is 64.0 Å². The standard InChI is InChI=1S/C22H24ClNO2.C3H8/c1-4-6-15(18-12-24-19(23)9-13(18)3)10-14(5-2)20-21(25)16-7-8-17(11-16)22(20)26;1-3-2/h4,6,9-10,12,16-17,25H,1,5,7-8,11H2,2-3H3;3H2,1-2H3/b14-10+,15-6+;. The van der Waals surface area contributed by atoms with Crippen LogP contribution in [0.15, 0.2) is 54.0 Å². The monoisotopic (exact) mass is 413 g/mol. The van der Waals surface area contributed by atoms with Gasteiger partial charge in [0.25, 0.3) is 0 Å². The molecule has 0 spiro atoms. The predicted octanol–water partition coefficient (Wildman–Crippen LogP) is 7.18. The van der Waals surface area contributed by atoms with E-state index in [1.807, 2.05) is 32.1 Å². The fraction of sp³-hybridized carbons (Fsp3) is 0.440. The van der Waals surface area contributed by atoms with Gasteiger partial charge < -0.3 is 5.11 Å². The number of hydrogen-bond acceptors (Lipinski definition) is 3. The molecule has 1 aromatic rings. The number of rotatable bonds is 5. The Balaban J connectivity index is 0.000000941. The molecule has 1 heterocycles. The summed E-state index contributed by atoms with van der Waals surface area (Å²) >= 11 is 5.98. The number of halogens is 1. The molecule has 2 aliphatic rings. The average Bonchev–Trinajstić information content (AvgIpc) is 3.13. The largest absolute Gasteiger partial charge is 0.511 e. The molecule has 4 heteroatoms. The lowest BCUT2D eigenvalue weighted by Crippen LogP contribution is -2.23. The minimum atomic E-state index is 0.0617. The van der Waals surface area contributed by atoms with E-state index in [-0.39, 0.29) is 23.4 Å². The summed E-state index contributed by atoms with van der Waals surface area (Å²) < 4.78 is 0. The summed E-state index contributed by atoms with van der Waals surface area (Å²) in [5.41, 5.74) is 4.24. The number of hydrogen-bond donors (Lipinski definition) is 1. The molecular weight excluding hydrogens is 382 g/mol. The molecule has 2 atom stereocenters. The number of allylic oxidation sites excluding steroid dienone is 7. The van der Waals surface area contributed by atoms with Gasteiger partial charge in [-0.05, 0) is 55.4 Å². The molecule has 1 N–H and O–H groups in total. The van der Waals surface area contributed by atoms with Crippen molar-refractivity contribution in [3.05, 3.63) is 70.3 Å². The quantitative estimate of drug-likeness (QED) is 0.411. The van der Waals surface area contributed by atoms with E-state index in [9.17, 15) is 9.90 Å². The number of ketones is 1. The summed E-state index contributed by atoms with van der Waals surface area (Å²) in [4.78, 5) is 17.0. The first kappa shape index (κ1) is 23.2. The summed E-state index contributed by atoms with van der Waals surface area (Å²) in [5, 5.41) is 11.1. The number of pyridine rings is 1. The van der Waals surface area contributed by atoms with Crippen LogP contribution in [0.3, 0.4) is 0 Å². The van der Waals surface area contributed by atoms with E-state index in [0.29, 0.717) is 17.1 Å². The average molecular weight is 414 g/mol. The molecule has 2 unspecified atom stereocenters. The van der Waals surface area contributed by atoms with Crippen molar-refractivity contribution in [2.24, 2.45) is 11.8 Å². The zero-order valence-corrected chi connectivity index (χ0v) is 18.7. The van der Waals surface area contributed by atoms with Crippen LogP contribution in [0, 0.1) is 18.8 Å². The summed E-state index contributed by atoms with van der Waals surface area (Å²) in [7, 11) is 0. The number of aliphatic hydroxyl groups excluding tert-OH is 1. The van der Waals surface area contributed by atoms with Gasteiger partial charge in [-0.3, -0.25) is 4.79 Å². The maximum Gasteiger partial charge on any atom is 0.169 e. The van der Waals surface area contributed by atoms with Crippen molar-refractivity contribution in [1.29, 1.82) is 0 Å². The first-order valence-corrected chi connectivity index (χ1v) is 10.9. The number of aryl methyl sites for hydroxylation is 1. The van der Waals surface area contributed by atoms with E-state index in [1.54, 1.807) is 12.3 Å². The van der Waals surface area contributed by atoms with Gasteiger partial charge in [0.1, 0.15) is 10.9 Å². The smallest absolute Gasteiger partial charge is 0.169 e. The number of carbonyl (C=O) groups is 1. The van der Waals surface area contributed by atoms with Crippen LogP contribution >= 0.6 is 11.6 Å². The maximum absolute atomic E-state index is 12.9. The Kier molecular flexibility index (Phi) is 8.45. The van der Waals surface area contributed by atoms with E-state index in [1.165, 1.54) is 6.42 Å². The van der Waals surface area contributed by atoms with Crippen molar-refractivity contribution in [3.8, 4) is 0 Å². The molecule has 0 aromatic carbocycles. The molecule has 0 radical (unpaired) electrons. The third kappa shape index (κ3) is 5.27. The van der Waals surface area contributed by atoms with Crippen molar-refractivity contribution < 1.29 is 9.90 Å². The van der Waals surface area contributed by atoms with E-state index >= 15 is 0 Å². The van der Waals surface area contributed by atoms with Crippen LogP contribution in [0.25, 0.3) is 5.57 Å². The Hall–Kier alpha value is -2.13. The fourth-order valence-electron chi connectivity index (χ4n) is 4.03. The van der Waals surface area contributed by atoms with Crippen molar-refractivity contribution >= 4 is 23.0 Å². The Labute approximate surface area is 179 Å². The van der Waals surface area contributed by atoms with Gasteiger partial charge in [0, 0.05) is 23.6 Å². The van der Waals surface area contributed by atoms with Gasteiger partial charge in [-0.25, -0.2) is 4.98 Å². The van der Waals surface area contributed by atoms with Crippen LogP contribution in [0.4, 0.5) is 0 Å². The van der Waals surface area contributed by atoms with Crippen molar-refractivity contribution in [1.82, 2.24) is 4.98 Å². The Morgan fingerprint density at radius 2 is 1.97 bits per heavy atom. The topological polar surface area (TPSA) is 50.2 Å². The van der Waals surface area contributed by atoms with Gasteiger partial charge in [-0.2, -0.15) is 0 Å². The lowest BCUT2D eigenvalue weighted by molar-refractivity contribution is -0.119. The molecule has 3 nitrogen and oxygen atoms in total. The van der Waals surface area contributed by atoms with E-state index in [4.69, 9.17) is 11.6 Å². The number of nitrogens with zero attached hydrogens (tertiary/aromatic N) is 1. The van der Waals surface area contributed by atoms with Gasteiger partial charge in [0.2, 0.25) is 0 Å². The van der Waals surface area contributed by atoms with Crippen LogP contribution in [0.2, 0.25) is 5.15 Å². The first-order valence-electron chi connectivity index (χ1n) is 10.5. The van der Waals surface area contributed by atoms with E-state index < -0.39 is 0 Å². The number of carbonyl (C=O) groups excluding carboxylic acids is 1. The Bertz CT molecular complexity index is 864. The molecule has 156 valence electrons. The first-order chi connectivity index (χ1) is 13.9. The number of aliphatic hydroxyl groups is 1. The molecule has 29 heavy (non-hydrogen) atoms. The summed E-state index contributed by atoms with van der Waals surface area (Å²) in [6.07, 6.45) is 11.8. The highest BCUT2D eigenvalue weighted by atomic mass is 35.5.